The SMILES string of the molecule is NS(=O)(=O)c1ccc(C(=O)OCc2ccc(Br)cc2)cc1. The molecule has 0 heterocycles. The Kier molecular flexibility index (Phi) is 4.76. The quantitative estimate of drug-likeness (QED) is 0.838. The van der Waals surface area contributed by atoms with Crippen LogP contribution in [0.1, 0.15) is 15.9 Å². The maximum Gasteiger partial charge on any atom is 0.338 e. The van der Waals surface area contributed by atoms with E-state index in [2.05, 4.69) is 15.9 Å². The van der Waals surface area contributed by atoms with E-state index in [1.54, 1.807) is 0 Å². The van der Waals surface area contributed by atoms with Crippen LogP contribution in [0.2, 0.25) is 0 Å². The highest BCUT2D eigenvalue weighted by Gasteiger charge is 2.11. The van der Waals surface area contributed by atoms with Gasteiger partial charge in [0.2, 0.25) is 10.0 Å². The molecule has 2 aromatic carbocycles. The molecule has 0 bridgehead atoms. The van der Waals surface area contributed by atoms with Gasteiger partial charge in [0.25, 0.3) is 0 Å². The molecular formula is C14H12BrNO4S. The zero-order chi connectivity index (χ0) is 15.5. The summed E-state index contributed by atoms with van der Waals surface area (Å²) in [5, 5.41) is 4.98. The topological polar surface area (TPSA) is 86.5 Å². The van der Waals surface area contributed by atoms with Crippen LogP contribution in [0.5, 0.6) is 0 Å². The summed E-state index contributed by atoms with van der Waals surface area (Å²) >= 11 is 3.32. The van der Waals surface area contributed by atoms with Crippen molar-refractivity contribution in [2.45, 2.75) is 11.5 Å². The Morgan fingerprint density at radius 1 is 1.05 bits per heavy atom. The van der Waals surface area contributed by atoms with Gasteiger partial charge in [0.05, 0.1) is 10.5 Å². The number of ether oxygens (including phenoxy) is 1. The molecule has 7 heteroatoms. The van der Waals surface area contributed by atoms with Gasteiger partial charge in [-0.3, -0.25) is 0 Å². The number of benzene rings is 2. The summed E-state index contributed by atoms with van der Waals surface area (Å²) in [5.74, 6) is -0.529. The zero-order valence-corrected chi connectivity index (χ0v) is 13.2. The minimum atomic E-state index is -3.76. The Hall–Kier alpha value is -1.70. The van der Waals surface area contributed by atoms with Crippen molar-refractivity contribution in [2.75, 3.05) is 0 Å². The van der Waals surface area contributed by atoms with Gasteiger partial charge in [-0.05, 0) is 42.0 Å². The lowest BCUT2D eigenvalue weighted by molar-refractivity contribution is 0.0472. The van der Waals surface area contributed by atoms with Crippen LogP contribution in [-0.2, 0) is 21.4 Å². The van der Waals surface area contributed by atoms with Crippen molar-refractivity contribution in [2.24, 2.45) is 5.14 Å². The largest absolute Gasteiger partial charge is 0.457 e. The number of hydrogen-bond acceptors (Lipinski definition) is 4. The fraction of sp³-hybridized carbons (Fsp3) is 0.0714. The third kappa shape index (κ3) is 4.38. The van der Waals surface area contributed by atoms with E-state index in [1.807, 2.05) is 24.3 Å². The first-order chi connectivity index (χ1) is 9.86. The third-order valence-corrected chi connectivity index (χ3v) is 4.16. The second-order valence-corrected chi connectivity index (χ2v) is 6.75. The summed E-state index contributed by atoms with van der Waals surface area (Å²) in [6.07, 6.45) is 0. The lowest BCUT2D eigenvalue weighted by Crippen LogP contribution is -2.12. The molecule has 0 saturated heterocycles. The molecule has 0 saturated carbocycles. The molecule has 110 valence electrons. The highest BCUT2D eigenvalue weighted by molar-refractivity contribution is 9.10. The van der Waals surface area contributed by atoms with Gasteiger partial charge in [0.15, 0.2) is 0 Å². The van der Waals surface area contributed by atoms with Crippen molar-refractivity contribution in [3.63, 3.8) is 0 Å². The molecule has 0 aromatic heterocycles. The molecule has 0 spiro atoms. The Morgan fingerprint density at radius 2 is 1.62 bits per heavy atom. The van der Waals surface area contributed by atoms with E-state index < -0.39 is 16.0 Å². The summed E-state index contributed by atoms with van der Waals surface area (Å²) in [6.45, 7) is 0.142. The number of nitrogens with two attached hydrogens (primary N) is 1. The first-order valence-electron chi connectivity index (χ1n) is 5.91. The summed E-state index contributed by atoms with van der Waals surface area (Å²) in [4.78, 5) is 11.8. The van der Waals surface area contributed by atoms with Crippen LogP contribution in [0.4, 0.5) is 0 Å². The number of hydrogen-bond donors (Lipinski definition) is 1. The average Bonchev–Trinajstić information content (AvgIpc) is 2.45. The van der Waals surface area contributed by atoms with Crippen LogP contribution in [0.15, 0.2) is 57.9 Å². The zero-order valence-electron chi connectivity index (χ0n) is 10.8. The lowest BCUT2D eigenvalue weighted by Gasteiger charge is -2.06. The summed E-state index contributed by atoms with van der Waals surface area (Å²) in [5.41, 5.74) is 1.12. The number of rotatable bonds is 4. The Morgan fingerprint density at radius 3 is 2.14 bits per heavy atom. The van der Waals surface area contributed by atoms with Gasteiger partial charge >= 0.3 is 5.97 Å². The average molecular weight is 370 g/mol. The highest BCUT2D eigenvalue weighted by Crippen LogP contribution is 2.13. The fourth-order valence-corrected chi connectivity index (χ4v) is 2.37. The second kappa shape index (κ2) is 6.38. The molecule has 0 aliphatic carbocycles. The molecule has 0 aliphatic rings. The van der Waals surface area contributed by atoms with Crippen molar-refractivity contribution < 1.29 is 17.9 Å². The standard InChI is InChI=1S/C14H12BrNO4S/c15-12-5-1-10(2-6-12)9-20-14(17)11-3-7-13(8-4-11)21(16,18)19/h1-8H,9H2,(H2,16,18,19). The Bertz CT molecular complexity index is 740. The summed E-state index contributed by atoms with van der Waals surface area (Å²) in [7, 11) is -3.76. The van der Waals surface area contributed by atoms with E-state index >= 15 is 0 Å². The molecule has 2 rings (SSSR count). The summed E-state index contributed by atoms with van der Waals surface area (Å²) < 4.78 is 28.3. The van der Waals surface area contributed by atoms with Gasteiger partial charge in [-0.2, -0.15) is 0 Å². The predicted octanol–water partition coefficient (Wildman–Crippen LogP) is 2.45. The third-order valence-electron chi connectivity index (χ3n) is 2.70. The highest BCUT2D eigenvalue weighted by atomic mass is 79.9. The van der Waals surface area contributed by atoms with Crippen molar-refractivity contribution >= 4 is 31.9 Å². The van der Waals surface area contributed by atoms with Crippen LogP contribution in [0.3, 0.4) is 0 Å². The smallest absolute Gasteiger partial charge is 0.338 e. The van der Waals surface area contributed by atoms with Crippen LogP contribution < -0.4 is 5.14 Å². The van der Waals surface area contributed by atoms with E-state index in [-0.39, 0.29) is 17.1 Å². The molecule has 0 radical (unpaired) electrons. The van der Waals surface area contributed by atoms with E-state index in [9.17, 15) is 13.2 Å². The number of carbonyl (C=O) groups is 1. The van der Waals surface area contributed by atoms with Gasteiger partial charge in [-0.15, -0.1) is 0 Å². The first kappa shape index (κ1) is 15.7. The lowest BCUT2D eigenvalue weighted by atomic mass is 10.2. The monoisotopic (exact) mass is 369 g/mol. The van der Waals surface area contributed by atoms with Gasteiger partial charge in [-0.25, -0.2) is 18.4 Å². The minimum absolute atomic E-state index is 0.0491. The van der Waals surface area contributed by atoms with Crippen LogP contribution in [0, 0.1) is 0 Å². The van der Waals surface area contributed by atoms with Crippen molar-refractivity contribution in [1.82, 2.24) is 0 Å². The number of carbonyl (C=O) groups excluding carboxylic acids is 1. The van der Waals surface area contributed by atoms with Crippen LogP contribution in [-0.4, -0.2) is 14.4 Å². The number of primary sulfonamides is 1. The van der Waals surface area contributed by atoms with Crippen molar-refractivity contribution in [1.29, 1.82) is 0 Å². The molecule has 5 nitrogen and oxygen atoms in total. The molecule has 0 aliphatic heterocycles. The van der Waals surface area contributed by atoms with Gasteiger partial charge in [0, 0.05) is 4.47 Å². The predicted molar refractivity (Wildman–Crippen MR) is 81.1 cm³/mol. The second-order valence-electron chi connectivity index (χ2n) is 4.27. The molecule has 0 fully saturated rings. The maximum absolute atomic E-state index is 11.8. The summed E-state index contributed by atoms with van der Waals surface area (Å²) in [6, 6.07) is 12.6. The van der Waals surface area contributed by atoms with E-state index in [0.717, 1.165) is 10.0 Å². The molecule has 21 heavy (non-hydrogen) atoms. The molecule has 0 atom stereocenters. The Balaban J connectivity index is 2.02. The van der Waals surface area contributed by atoms with E-state index in [4.69, 9.17) is 9.88 Å². The number of halogens is 1. The van der Waals surface area contributed by atoms with Crippen molar-refractivity contribution in [3.8, 4) is 0 Å². The molecular weight excluding hydrogens is 358 g/mol. The normalized spacial score (nSPS) is 11.1. The van der Waals surface area contributed by atoms with Crippen molar-refractivity contribution in [3.05, 3.63) is 64.1 Å². The van der Waals surface area contributed by atoms with Crippen LogP contribution >= 0.6 is 15.9 Å². The number of sulfonamides is 1. The Labute approximate surface area is 130 Å². The molecule has 0 unspecified atom stereocenters. The van der Waals surface area contributed by atoms with Gasteiger partial charge in [-0.1, -0.05) is 28.1 Å². The molecule has 2 aromatic rings. The molecule has 2 N–H and O–H groups in total. The van der Waals surface area contributed by atoms with Gasteiger partial charge in [0.1, 0.15) is 6.61 Å². The van der Waals surface area contributed by atoms with E-state index in [0.29, 0.717) is 0 Å². The fourth-order valence-electron chi connectivity index (χ4n) is 1.59. The van der Waals surface area contributed by atoms with E-state index in [1.165, 1.54) is 24.3 Å². The molecule has 0 amide bonds. The minimum Gasteiger partial charge on any atom is -0.457 e. The van der Waals surface area contributed by atoms with Crippen LogP contribution in [0.25, 0.3) is 0 Å². The number of esters is 1. The maximum atomic E-state index is 11.8. The van der Waals surface area contributed by atoms with Gasteiger partial charge < -0.3 is 4.74 Å². The first-order valence-corrected chi connectivity index (χ1v) is 8.24.